The fourth-order valence-electron chi connectivity index (χ4n) is 2.73. The van der Waals surface area contributed by atoms with E-state index in [1.54, 1.807) is 0 Å². The minimum absolute atomic E-state index is 0.580. The van der Waals surface area contributed by atoms with Crippen molar-refractivity contribution in [2.45, 2.75) is 32.2 Å². The van der Waals surface area contributed by atoms with Gasteiger partial charge in [0.05, 0.1) is 0 Å². The van der Waals surface area contributed by atoms with E-state index in [0.29, 0.717) is 11.9 Å². The van der Waals surface area contributed by atoms with Gasteiger partial charge in [0.15, 0.2) is 5.82 Å². The highest BCUT2D eigenvalue weighted by atomic mass is 16.5. The molecule has 0 unspecified atom stereocenters. The molecule has 6 nitrogen and oxygen atoms in total. The van der Waals surface area contributed by atoms with E-state index in [2.05, 4.69) is 37.5 Å². The summed E-state index contributed by atoms with van der Waals surface area (Å²) in [6.45, 7) is 4.89. The third kappa shape index (κ3) is 3.78. The summed E-state index contributed by atoms with van der Waals surface area (Å²) in [5.41, 5.74) is 1.27. The molecule has 112 valence electrons. The van der Waals surface area contributed by atoms with E-state index in [4.69, 9.17) is 4.52 Å². The van der Waals surface area contributed by atoms with E-state index in [9.17, 15) is 0 Å². The molecule has 0 aliphatic carbocycles. The summed E-state index contributed by atoms with van der Waals surface area (Å²) in [6.07, 6.45) is 6.85. The van der Waals surface area contributed by atoms with Gasteiger partial charge in [0.1, 0.15) is 0 Å². The molecule has 0 bridgehead atoms. The van der Waals surface area contributed by atoms with Crippen LogP contribution in [-0.4, -0.2) is 40.8 Å². The number of pyridine rings is 1. The zero-order valence-corrected chi connectivity index (χ0v) is 12.3. The van der Waals surface area contributed by atoms with Crippen molar-refractivity contribution in [2.24, 2.45) is 0 Å². The molecule has 0 saturated carbocycles. The lowest BCUT2D eigenvalue weighted by Crippen LogP contribution is -2.43. The van der Waals surface area contributed by atoms with Crippen LogP contribution in [0.3, 0.4) is 0 Å². The predicted molar refractivity (Wildman–Crippen MR) is 80.2 cm³/mol. The van der Waals surface area contributed by atoms with Gasteiger partial charge in [-0.2, -0.15) is 4.98 Å². The van der Waals surface area contributed by atoms with E-state index >= 15 is 0 Å². The number of nitrogens with zero attached hydrogens (tertiary/aromatic N) is 4. The summed E-state index contributed by atoms with van der Waals surface area (Å²) in [5, 5.41) is 7.50. The zero-order valence-electron chi connectivity index (χ0n) is 12.3. The van der Waals surface area contributed by atoms with Crippen molar-refractivity contribution in [3.05, 3.63) is 36.2 Å². The van der Waals surface area contributed by atoms with Crippen LogP contribution in [0.25, 0.3) is 0 Å². The van der Waals surface area contributed by atoms with Crippen LogP contribution < -0.4 is 10.2 Å². The molecule has 0 amide bonds. The molecule has 1 fully saturated rings. The molecule has 0 atom stereocenters. The Bertz CT molecular complexity index is 548. The molecule has 1 aliphatic heterocycles. The van der Waals surface area contributed by atoms with Gasteiger partial charge < -0.3 is 14.7 Å². The molecule has 0 aromatic carbocycles. The largest absolute Gasteiger partial charge is 0.371 e. The first-order valence-electron chi connectivity index (χ1n) is 7.49. The van der Waals surface area contributed by atoms with Crippen molar-refractivity contribution >= 4 is 5.69 Å². The van der Waals surface area contributed by atoms with Crippen molar-refractivity contribution in [2.75, 3.05) is 24.5 Å². The van der Waals surface area contributed by atoms with Gasteiger partial charge in [0.25, 0.3) is 0 Å². The van der Waals surface area contributed by atoms with Gasteiger partial charge in [-0.15, -0.1) is 0 Å². The van der Waals surface area contributed by atoms with Gasteiger partial charge in [-0.3, -0.25) is 4.98 Å². The van der Waals surface area contributed by atoms with E-state index < -0.39 is 0 Å². The lowest BCUT2D eigenvalue weighted by atomic mass is 10.0. The summed E-state index contributed by atoms with van der Waals surface area (Å²) in [5.74, 6) is 1.42. The van der Waals surface area contributed by atoms with Crippen LogP contribution in [0.15, 0.2) is 29.0 Å². The van der Waals surface area contributed by atoms with Crippen molar-refractivity contribution in [3.63, 3.8) is 0 Å². The number of aromatic nitrogens is 3. The highest BCUT2D eigenvalue weighted by Gasteiger charge is 2.18. The van der Waals surface area contributed by atoms with Crippen LogP contribution >= 0.6 is 0 Å². The quantitative estimate of drug-likeness (QED) is 0.900. The van der Waals surface area contributed by atoms with Gasteiger partial charge in [0, 0.05) is 57.1 Å². The van der Waals surface area contributed by atoms with Crippen molar-refractivity contribution in [1.29, 1.82) is 0 Å². The highest BCUT2D eigenvalue weighted by molar-refractivity contribution is 5.44. The van der Waals surface area contributed by atoms with Crippen LogP contribution in [-0.2, 0) is 6.42 Å². The average Bonchev–Trinajstić information content (AvgIpc) is 2.94. The number of nitrogens with one attached hydrogen (secondary N) is 1. The maximum absolute atomic E-state index is 4.97. The average molecular weight is 287 g/mol. The molecular formula is C15H21N5O. The summed E-state index contributed by atoms with van der Waals surface area (Å²) < 4.78 is 4.97. The molecule has 2 aromatic heterocycles. The Labute approximate surface area is 124 Å². The van der Waals surface area contributed by atoms with Gasteiger partial charge in [0.2, 0.25) is 5.89 Å². The monoisotopic (exact) mass is 287 g/mol. The van der Waals surface area contributed by atoms with Crippen LogP contribution in [0.4, 0.5) is 5.69 Å². The van der Waals surface area contributed by atoms with Gasteiger partial charge >= 0.3 is 0 Å². The number of rotatable bonds is 5. The normalized spacial score (nSPS) is 16.3. The molecule has 0 spiro atoms. The Kier molecular flexibility index (Phi) is 4.45. The molecule has 1 saturated heterocycles. The summed E-state index contributed by atoms with van der Waals surface area (Å²) >= 11 is 0. The Morgan fingerprint density at radius 1 is 1.29 bits per heavy atom. The number of aryl methyl sites for hydroxylation is 1. The third-order valence-corrected chi connectivity index (χ3v) is 3.87. The second-order valence-electron chi connectivity index (χ2n) is 5.40. The van der Waals surface area contributed by atoms with Crippen molar-refractivity contribution < 1.29 is 4.52 Å². The van der Waals surface area contributed by atoms with E-state index in [1.807, 2.05) is 19.3 Å². The van der Waals surface area contributed by atoms with Gasteiger partial charge in [-0.25, -0.2) is 0 Å². The molecule has 0 radical (unpaired) electrons. The number of piperidine rings is 1. The zero-order chi connectivity index (χ0) is 14.5. The van der Waals surface area contributed by atoms with Gasteiger partial charge in [-0.1, -0.05) is 5.16 Å². The smallest absolute Gasteiger partial charge is 0.223 e. The molecule has 3 rings (SSSR count). The van der Waals surface area contributed by atoms with Crippen molar-refractivity contribution in [3.8, 4) is 0 Å². The van der Waals surface area contributed by atoms with E-state index in [0.717, 1.165) is 44.7 Å². The first-order chi connectivity index (χ1) is 10.3. The van der Waals surface area contributed by atoms with Crippen LogP contribution in [0, 0.1) is 6.92 Å². The second-order valence-corrected chi connectivity index (χ2v) is 5.40. The lowest BCUT2D eigenvalue weighted by molar-refractivity contribution is 0.383. The van der Waals surface area contributed by atoms with Crippen molar-refractivity contribution in [1.82, 2.24) is 20.4 Å². The maximum Gasteiger partial charge on any atom is 0.223 e. The molecule has 21 heavy (non-hydrogen) atoms. The molecule has 1 N–H and O–H groups in total. The maximum atomic E-state index is 4.97. The molecule has 6 heteroatoms. The Morgan fingerprint density at radius 3 is 2.71 bits per heavy atom. The summed E-state index contributed by atoms with van der Waals surface area (Å²) in [7, 11) is 0. The Morgan fingerprint density at radius 2 is 2.05 bits per heavy atom. The van der Waals surface area contributed by atoms with Gasteiger partial charge in [-0.05, 0) is 25.0 Å². The minimum Gasteiger partial charge on any atom is -0.371 e. The SMILES string of the molecule is Cc1nc(CCNC2CCN(c3ccncc3)CC2)no1. The number of anilines is 1. The first kappa shape index (κ1) is 14.0. The minimum atomic E-state index is 0.580. The fraction of sp³-hybridized carbons (Fsp3) is 0.533. The second kappa shape index (κ2) is 6.67. The number of hydrogen-bond donors (Lipinski definition) is 1. The Hall–Kier alpha value is -1.95. The van der Waals surface area contributed by atoms with Crippen LogP contribution in [0.1, 0.15) is 24.6 Å². The standard InChI is InChI=1S/C15H21N5O/c1-12-18-15(19-21-12)4-9-17-13-5-10-20(11-6-13)14-2-7-16-8-3-14/h2-3,7-8,13,17H,4-6,9-11H2,1H3. The fourth-order valence-corrected chi connectivity index (χ4v) is 2.73. The topological polar surface area (TPSA) is 67.1 Å². The third-order valence-electron chi connectivity index (χ3n) is 3.87. The molecular weight excluding hydrogens is 266 g/mol. The Balaban J connectivity index is 1.40. The summed E-state index contributed by atoms with van der Waals surface area (Å²) in [4.78, 5) is 10.7. The number of hydrogen-bond acceptors (Lipinski definition) is 6. The predicted octanol–water partition coefficient (Wildman–Crippen LogP) is 1.57. The lowest BCUT2D eigenvalue weighted by Gasteiger charge is -2.34. The van der Waals surface area contributed by atoms with Crippen LogP contribution in [0.2, 0.25) is 0 Å². The van der Waals surface area contributed by atoms with E-state index in [-0.39, 0.29) is 0 Å². The van der Waals surface area contributed by atoms with Crippen LogP contribution in [0.5, 0.6) is 0 Å². The molecule has 3 heterocycles. The first-order valence-corrected chi connectivity index (χ1v) is 7.49. The highest BCUT2D eigenvalue weighted by Crippen LogP contribution is 2.18. The molecule has 2 aromatic rings. The molecule has 1 aliphatic rings. The summed E-state index contributed by atoms with van der Waals surface area (Å²) in [6, 6.07) is 4.73. The van der Waals surface area contributed by atoms with E-state index in [1.165, 1.54) is 5.69 Å².